The van der Waals surface area contributed by atoms with E-state index in [1.54, 1.807) is 12.1 Å². The van der Waals surface area contributed by atoms with E-state index in [4.69, 9.17) is 14.4 Å². The SMILES string of the molecule is CCP(=O)(CC)COCc1onc(-c2ccccc2)c1-c1ccc(S(N)=O)cc1. The lowest BCUT2D eigenvalue weighted by atomic mass is 9.99. The molecule has 0 saturated heterocycles. The fraction of sp³-hybridized carbons (Fsp3) is 0.286. The predicted molar refractivity (Wildman–Crippen MR) is 116 cm³/mol. The molecule has 3 aromatic rings. The minimum absolute atomic E-state index is 0.170. The van der Waals surface area contributed by atoms with Crippen LogP contribution >= 0.6 is 7.14 Å². The van der Waals surface area contributed by atoms with Crippen molar-refractivity contribution in [2.75, 3.05) is 18.7 Å². The van der Waals surface area contributed by atoms with Crippen molar-refractivity contribution in [1.82, 2.24) is 5.16 Å². The zero-order valence-corrected chi connectivity index (χ0v) is 18.2. The van der Waals surface area contributed by atoms with E-state index in [0.29, 0.717) is 28.7 Å². The fourth-order valence-electron chi connectivity index (χ4n) is 2.98. The van der Waals surface area contributed by atoms with Gasteiger partial charge >= 0.3 is 0 Å². The van der Waals surface area contributed by atoms with Crippen LogP contribution in [0.2, 0.25) is 0 Å². The van der Waals surface area contributed by atoms with Gasteiger partial charge in [-0.15, -0.1) is 0 Å². The fourth-order valence-corrected chi connectivity index (χ4v) is 4.62. The first-order valence-corrected chi connectivity index (χ1v) is 12.9. The molecule has 2 aromatic carbocycles. The molecule has 1 aromatic heterocycles. The molecule has 0 radical (unpaired) electrons. The van der Waals surface area contributed by atoms with Crippen molar-refractivity contribution >= 4 is 18.1 Å². The highest BCUT2D eigenvalue weighted by atomic mass is 32.2. The highest BCUT2D eigenvalue weighted by Crippen LogP contribution is 2.45. The van der Waals surface area contributed by atoms with Gasteiger partial charge in [0, 0.05) is 17.9 Å². The molecule has 6 nitrogen and oxygen atoms in total. The largest absolute Gasteiger partial charge is 0.366 e. The molecule has 8 heteroatoms. The van der Waals surface area contributed by atoms with Crippen LogP contribution in [0.15, 0.2) is 64.0 Å². The van der Waals surface area contributed by atoms with Gasteiger partial charge in [0.25, 0.3) is 0 Å². The molecule has 1 unspecified atom stereocenters. The first-order valence-electron chi connectivity index (χ1n) is 9.43. The standard InChI is InChI=1S/C21H25N2O4PS/c1-3-28(24,4-2)15-26-14-19-20(16-10-12-18(13-11-16)29(22)25)21(23-27-19)17-8-6-5-7-9-17/h5-13H,3-4,14-15,22H2,1-2H3. The zero-order chi connectivity index (χ0) is 20.9. The van der Waals surface area contributed by atoms with Gasteiger partial charge in [-0.3, -0.25) is 0 Å². The zero-order valence-electron chi connectivity index (χ0n) is 16.5. The highest BCUT2D eigenvalue weighted by molar-refractivity contribution is 7.82. The quantitative estimate of drug-likeness (QED) is 0.487. The number of hydrogen-bond donors (Lipinski definition) is 1. The van der Waals surface area contributed by atoms with Gasteiger partial charge in [0.1, 0.15) is 36.8 Å². The smallest absolute Gasteiger partial charge is 0.170 e. The van der Waals surface area contributed by atoms with Gasteiger partial charge in [0.15, 0.2) is 5.76 Å². The van der Waals surface area contributed by atoms with Crippen molar-refractivity contribution in [3.63, 3.8) is 0 Å². The number of nitrogens with zero attached hydrogens (tertiary/aromatic N) is 1. The Bertz CT molecular complexity index is 1010. The maximum absolute atomic E-state index is 12.6. The summed E-state index contributed by atoms with van der Waals surface area (Å²) in [7, 11) is -3.85. The molecule has 0 spiro atoms. The Labute approximate surface area is 173 Å². The van der Waals surface area contributed by atoms with Crippen LogP contribution in [0.4, 0.5) is 0 Å². The first kappa shape index (κ1) is 21.7. The van der Waals surface area contributed by atoms with Gasteiger partial charge < -0.3 is 13.8 Å². The van der Waals surface area contributed by atoms with E-state index < -0.39 is 18.1 Å². The lowest BCUT2D eigenvalue weighted by Crippen LogP contribution is -2.02. The van der Waals surface area contributed by atoms with Gasteiger partial charge in [0.2, 0.25) is 0 Å². The molecule has 0 aliphatic heterocycles. The lowest BCUT2D eigenvalue weighted by molar-refractivity contribution is 0.137. The van der Waals surface area contributed by atoms with Crippen molar-refractivity contribution in [3.8, 4) is 22.4 Å². The number of hydrogen-bond acceptors (Lipinski definition) is 5. The summed E-state index contributed by atoms with van der Waals surface area (Å²) in [5, 5.41) is 9.73. The minimum Gasteiger partial charge on any atom is -0.366 e. The minimum atomic E-state index is -2.31. The van der Waals surface area contributed by atoms with E-state index in [1.165, 1.54) is 0 Å². The number of benzene rings is 2. The van der Waals surface area contributed by atoms with Crippen molar-refractivity contribution in [2.45, 2.75) is 25.3 Å². The number of rotatable bonds is 9. The molecule has 0 bridgehead atoms. The third-order valence-corrected chi connectivity index (χ3v) is 8.59. The Kier molecular flexibility index (Phi) is 7.19. The molecule has 3 rings (SSSR count). The monoisotopic (exact) mass is 432 g/mol. The van der Waals surface area contributed by atoms with E-state index >= 15 is 0 Å². The highest BCUT2D eigenvalue weighted by Gasteiger charge is 2.22. The summed E-state index contributed by atoms with van der Waals surface area (Å²) in [6.45, 7) is 4.01. The normalized spacial score (nSPS) is 12.8. The molecule has 0 saturated carbocycles. The average Bonchev–Trinajstić information content (AvgIpc) is 3.18. The summed E-state index contributed by atoms with van der Waals surface area (Å²) in [5.74, 6) is 0.559. The maximum atomic E-state index is 12.6. The van der Waals surface area contributed by atoms with Crippen LogP contribution in [-0.2, 0) is 26.9 Å². The number of ether oxygens (including phenoxy) is 1. The van der Waals surface area contributed by atoms with E-state index in [9.17, 15) is 8.77 Å². The maximum Gasteiger partial charge on any atom is 0.170 e. The Morgan fingerprint density at radius 2 is 1.69 bits per heavy atom. The lowest BCUT2D eigenvalue weighted by Gasteiger charge is -2.14. The third-order valence-electron chi connectivity index (χ3n) is 4.90. The van der Waals surface area contributed by atoms with Crippen molar-refractivity contribution in [2.24, 2.45) is 5.14 Å². The van der Waals surface area contributed by atoms with Gasteiger partial charge in [-0.05, 0) is 17.7 Å². The van der Waals surface area contributed by atoms with Crippen LogP contribution in [0, 0.1) is 0 Å². The van der Waals surface area contributed by atoms with Crippen molar-refractivity contribution in [3.05, 3.63) is 60.4 Å². The second-order valence-electron chi connectivity index (χ2n) is 6.69. The predicted octanol–water partition coefficient (Wildman–Crippen LogP) is 4.87. The van der Waals surface area contributed by atoms with Crippen molar-refractivity contribution < 1.29 is 18.0 Å². The summed E-state index contributed by atoms with van der Waals surface area (Å²) in [6, 6.07) is 16.8. The summed E-state index contributed by atoms with van der Waals surface area (Å²) < 4.78 is 35.5. The Balaban J connectivity index is 1.95. The third kappa shape index (κ3) is 5.11. The Morgan fingerprint density at radius 3 is 2.28 bits per heavy atom. The molecule has 0 fully saturated rings. The molecule has 2 N–H and O–H groups in total. The summed E-state index contributed by atoms with van der Waals surface area (Å²) >= 11 is 0. The van der Waals surface area contributed by atoms with Crippen LogP contribution < -0.4 is 5.14 Å². The molecule has 1 atom stereocenters. The van der Waals surface area contributed by atoms with E-state index in [2.05, 4.69) is 5.16 Å². The first-order chi connectivity index (χ1) is 14.0. The van der Waals surface area contributed by atoms with Crippen LogP contribution in [0.5, 0.6) is 0 Å². The second kappa shape index (κ2) is 9.63. The molecule has 1 heterocycles. The Hall–Kier alpha value is -2.05. The van der Waals surface area contributed by atoms with Gasteiger partial charge in [-0.2, -0.15) is 0 Å². The molecule has 154 valence electrons. The molecular formula is C21H25N2O4PS. The molecule has 0 aliphatic rings. The number of nitrogens with two attached hydrogens (primary N) is 1. The molecular weight excluding hydrogens is 407 g/mol. The second-order valence-corrected chi connectivity index (χ2v) is 11.4. The topological polar surface area (TPSA) is 95.4 Å². The molecule has 0 amide bonds. The Morgan fingerprint density at radius 1 is 1.03 bits per heavy atom. The average molecular weight is 432 g/mol. The molecule has 0 aliphatic carbocycles. The van der Waals surface area contributed by atoms with Crippen LogP contribution in [0.25, 0.3) is 22.4 Å². The van der Waals surface area contributed by atoms with E-state index in [-0.39, 0.29) is 13.0 Å². The summed E-state index contributed by atoms with van der Waals surface area (Å²) in [6.07, 6.45) is 1.44. The van der Waals surface area contributed by atoms with Crippen LogP contribution in [0.3, 0.4) is 0 Å². The van der Waals surface area contributed by atoms with Crippen LogP contribution in [0.1, 0.15) is 19.6 Å². The van der Waals surface area contributed by atoms with Crippen molar-refractivity contribution in [1.29, 1.82) is 0 Å². The van der Waals surface area contributed by atoms with Crippen LogP contribution in [-0.4, -0.2) is 28.0 Å². The summed E-state index contributed by atoms with van der Waals surface area (Å²) in [5.41, 5.74) is 3.26. The van der Waals surface area contributed by atoms with Gasteiger partial charge in [0.05, 0.1) is 10.5 Å². The number of aromatic nitrogens is 1. The summed E-state index contributed by atoms with van der Waals surface area (Å²) in [4.78, 5) is 0.538. The van der Waals surface area contributed by atoms with E-state index in [0.717, 1.165) is 16.7 Å². The van der Waals surface area contributed by atoms with E-state index in [1.807, 2.05) is 56.3 Å². The molecule has 29 heavy (non-hydrogen) atoms. The van der Waals surface area contributed by atoms with Gasteiger partial charge in [-0.1, -0.05) is 61.5 Å². The van der Waals surface area contributed by atoms with Gasteiger partial charge in [-0.25, -0.2) is 9.35 Å².